The van der Waals surface area contributed by atoms with E-state index < -0.39 is 0 Å². The summed E-state index contributed by atoms with van der Waals surface area (Å²) in [6.07, 6.45) is 1.08. The molecule has 0 fully saturated rings. The normalized spacial score (nSPS) is 20.9. The monoisotopic (exact) mass is 306 g/mol. The van der Waals surface area contributed by atoms with Gasteiger partial charge in [-0.3, -0.25) is 0 Å². The SMILES string of the molecule is CNC1c2cc(OC)ccc2CC1Sc1nc(C)cs1. The first-order chi connectivity index (χ1) is 9.71. The fraction of sp³-hybridized carbons (Fsp3) is 0.400. The molecule has 5 heteroatoms. The molecule has 2 aromatic rings. The zero-order chi connectivity index (χ0) is 14.1. The molecule has 106 valence electrons. The van der Waals surface area contributed by atoms with E-state index in [0.29, 0.717) is 11.3 Å². The van der Waals surface area contributed by atoms with Crippen molar-refractivity contribution in [3.63, 3.8) is 0 Å². The summed E-state index contributed by atoms with van der Waals surface area (Å²) in [7, 11) is 3.75. The van der Waals surface area contributed by atoms with Crippen molar-refractivity contribution in [2.24, 2.45) is 0 Å². The minimum absolute atomic E-state index is 0.356. The van der Waals surface area contributed by atoms with Gasteiger partial charge in [0.05, 0.1) is 7.11 Å². The summed E-state index contributed by atoms with van der Waals surface area (Å²) in [5.41, 5.74) is 3.88. The summed E-state index contributed by atoms with van der Waals surface area (Å²) in [5, 5.41) is 6.06. The van der Waals surface area contributed by atoms with Crippen LogP contribution in [0, 0.1) is 6.92 Å². The molecule has 0 saturated carbocycles. The van der Waals surface area contributed by atoms with Crippen molar-refractivity contribution in [3.05, 3.63) is 40.4 Å². The number of rotatable bonds is 4. The van der Waals surface area contributed by atoms with E-state index in [-0.39, 0.29) is 0 Å². The molecule has 0 saturated heterocycles. The third-order valence-corrected chi connectivity index (χ3v) is 6.01. The zero-order valence-corrected chi connectivity index (χ0v) is 13.5. The van der Waals surface area contributed by atoms with Crippen LogP contribution in [0.1, 0.15) is 22.9 Å². The molecule has 2 atom stereocenters. The lowest BCUT2D eigenvalue weighted by molar-refractivity contribution is 0.413. The number of thiazole rings is 1. The van der Waals surface area contributed by atoms with E-state index in [1.54, 1.807) is 18.4 Å². The van der Waals surface area contributed by atoms with E-state index >= 15 is 0 Å². The highest BCUT2D eigenvalue weighted by molar-refractivity contribution is 8.01. The van der Waals surface area contributed by atoms with E-state index in [1.165, 1.54) is 11.1 Å². The largest absolute Gasteiger partial charge is 0.497 e. The number of nitrogens with one attached hydrogen (secondary N) is 1. The van der Waals surface area contributed by atoms with Crippen LogP contribution < -0.4 is 10.1 Å². The van der Waals surface area contributed by atoms with Crippen molar-refractivity contribution in [1.29, 1.82) is 0 Å². The Kier molecular flexibility index (Phi) is 4.01. The first-order valence-corrected chi connectivity index (χ1v) is 8.40. The van der Waals surface area contributed by atoms with Crippen LogP contribution in [0.2, 0.25) is 0 Å². The van der Waals surface area contributed by atoms with Gasteiger partial charge in [-0.25, -0.2) is 4.98 Å². The molecule has 20 heavy (non-hydrogen) atoms. The second kappa shape index (κ2) is 5.76. The molecule has 1 aromatic carbocycles. The Labute approximate surface area is 127 Å². The lowest BCUT2D eigenvalue weighted by atomic mass is 10.1. The van der Waals surface area contributed by atoms with Crippen LogP contribution in [0.3, 0.4) is 0 Å². The maximum absolute atomic E-state index is 5.34. The Bertz CT molecular complexity index is 612. The van der Waals surface area contributed by atoms with Crippen LogP contribution in [0.4, 0.5) is 0 Å². The fourth-order valence-corrected chi connectivity index (χ4v) is 5.07. The minimum atomic E-state index is 0.356. The van der Waals surface area contributed by atoms with Gasteiger partial charge < -0.3 is 10.1 Å². The number of aromatic nitrogens is 1. The van der Waals surface area contributed by atoms with Gasteiger partial charge in [0, 0.05) is 22.4 Å². The van der Waals surface area contributed by atoms with Gasteiger partial charge in [0.25, 0.3) is 0 Å². The van der Waals surface area contributed by atoms with Gasteiger partial charge in [0.2, 0.25) is 0 Å². The Morgan fingerprint density at radius 1 is 1.45 bits per heavy atom. The van der Waals surface area contributed by atoms with Crippen LogP contribution >= 0.6 is 23.1 Å². The number of hydrogen-bond acceptors (Lipinski definition) is 5. The Morgan fingerprint density at radius 2 is 2.30 bits per heavy atom. The van der Waals surface area contributed by atoms with Gasteiger partial charge in [-0.1, -0.05) is 17.8 Å². The average molecular weight is 306 g/mol. The molecule has 3 rings (SSSR count). The molecule has 0 radical (unpaired) electrons. The molecule has 1 aromatic heterocycles. The summed E-state index contributed by atoms with van der Waals surface area (Å²) in [6, 6.07) is 6.75. The Hall–Kier alpha value is -1.04. The van der Waals surface area contributed by atoms with E-state index in [1.807, 2.05) is 31.8 Å². The van der Waals surface area contributed by atoms with Crippen LogP contribution in [-0.2, 0) is 6.42 Å². The third kappa shape index (κ3) is 2.57. The van der Waals surface area contributed by atoms with Crippen LogP contribution in [0.5, 0.6) is 5.75 Å². The second-order valence-corrected chi connectivity index (χ2v) is 7.29. The average Bonchev–Trinajstić information content (AvgIpc) is 3.01. The maximum atomic E-state index is 5.34. The van der Waals surface area contributed by atoms with Crippen LogP contribution in [-0.4, -0.2) is 24.4 Å². The summed E-state index contributed by atoms with van der Waals surface area (Å²) >= 11 is 3.61. The Balaban J connectivity index is 1.84. The number of benzene rings is 1. The van der Waals surface area contributed by atoms with Gasteiger partial charge in [-0.2, -0.15) is 0 Å². The number of fused-ring (bicyclic) bond motifs is 1. The van der Waals surface area contributed by atoms with Crippen molar-refractivity contribution in [1.82, 2.24) is 10.3 Å². The van der Waals surface area contributed by atoms with Gasteiger partial charge in [-0.15, -0.1) is 11.3 Å². The lowest BCUT2D eigenvalue weighted by Crippen LogP contribution is -2.23. The van der Waals surface area contributed by atoms with E-state index in [2.05, 4.69) is 27.8 Å². The predicted octanol–water partition coefficient (Wildman–Crippen LogP) is 3.44. The minimum Gasteiger partial charge on any atom is -0.497 e. The molecule has 1 aliphatic carbocycles. The quantitative estimate of drug-likeness (QED) is 0.938. The number of methoxy groups -OCH3 is 1. The fourth-order valence-electron chi connectivity index (χ4n) is 2.68. The number of ether oxygens (including phenoxy) is 1. The molecule has 1 heterocycles. The molecule has 2 unspecified atom stereocenters. The molecule has 0 aliphatic heterocycles. The highest BCUT2D eigenvalue weighted by Gasteiger charge is 2.33. The lowest BCUT2D eigenvalue weighted by Gasteiger charge is -2.18. The van der Waals surface area contributed by atoms with Crippen molar-refractivity contribution in [2.45, 2.75) is 29.0 Å². The van der Waals surface area contributed by atoms with E-state index in [0.717, 1.165) is 22.2 Å². The second-order valence-electron chi connectivity index (χ2n) is 4.95. The van der Waals surface area contributed by atoms with Gasteiger partial charge in [0.1, 0.15) is 10.1 Å². The highest BCUT2D eigenvalue weighted by Crippen LogP contribution is 2.43. The highest BCUT2D eigenvalue weighted by atomic mass is 32.2. The molecule has 3 nitrogen and oxygen atoms in total. The van der Waals surface area contributed by atoms with E-state index in [9.17, 15) is 0 Å². The first kappa shape index (κ1) is 13.9. The molecule has 1 aliphatic rings. The summed E-state index contributed by atoms with van der Waals surface area (Å²) in [6.45, 7) is 2.05. The van der Waals surface area contributed by atoms with Crippen molar-refractivity contribution in [3.8, 4) is 5.75 Å². The predicted molar refractivity (Wildman–Crippen MR) is 85.0 cm³/mol. The molecule has 1 N–H and O–H groups in total. The Morgan fingerprint density at radius 3 is 2.95 bits per heavy atom. The number of nitrogens with zero attached hydrogens (tertiary/aromatic N) is 1. The smallest absolute Gasteiger partial charge is 0.150 e. The van der Waals surface area contributed by atoms with Gasteiger partial charge >= 0.3 is 0 Å². The van der Waals surface area contributed by atoms with Crippen molar-refractivity contribution in [2.75, 3.05) is 14.2 Å². The van der Waals surface area contributed by atoms with Crippen LogP contribution in [0.15, 0.2) is 27.9 Å². The summed E-state index contributed by atoms with van der Waals surface area (Å²) in [4.78, 5) is 4.57. The number of aryl methyl sites for hydroxylation is 1. The number of thioether (sulfide) groups is 1. The summed E-state index contributed by atoms with van der Waals surface area (Å²) in [5.74, 6) is 0.930. The third-order valence-electron chi connectivity index (χ3n) is 3.64. The van der Waals surface area contributed by atoms with Crippen molar-refractivity contribution < 1.29 is 4.74 Å². The van der Waals surface area contributed by atoms with Crippen molar-refractivity contribution >= 4 is 23.1 Å². The van der Waals surface area contributed by atoms with Gasteiger partial charge in [0.15, 0.2) is 0 Å². The standard InChI is InChI=1S/C15H18N2OS2/c1-9-8-19-15(17-9)20-13-6-10-4-5-11(18-3)7-12(10)14(13)16-2/h4-5,7-8,13-14,16H,6H2,1-3H3. The van der Waals surface area contributed by atoms with Crippen LogP contribution in [0.25, 0.3) is 0 Å². The molecular weight excluding hydrogens is 288 g/mol. The molecule has 0 amide bonds. The number of hydrogen-bond donors (Lipinski definition) is 1. The molecule has 0 bridgehead atoms. The van der Waals surface area contributed by atoms with E-state index in [4.69, 9.17) is 4.74 Å². The van der Waals surface area contributed by atoms with Gasteiger partial charge in [-0.05, 0) is 43.7 Å². The molecular formula is C15H18N2OS2. The maximum Gasteiger partial charge on any atom is 0.150 e. The summed E-state index contributed by atoms with van der Waals surface area (Å²) < 4.78 is 6.50. The molecule has 0 spiro atoms. The topological polar surface area (TPSA) is 34.1 Å². The first-order valence-electron chi connectivity index (χ1n) is 6.64. The zero-order valence-electron chi connectivity index (χ0n) is 11.8.